The van der Waals surface area contributed by atoms with Crippen molar-refractivity contribution in [1.82, 2.24) is 0 Å². The van der Waals surface area contributed by atoms with Crippen LogP contribution in [-0.4, -0.2) is 43.0 Å². The summed E-state index contributed by atoms with van der Waals surface area (Å²) < 4.78 is 32.9. The lowest BCUT2D eigenvalue weighted by Gasteiger charge is -2.35. The van der Waals surface area contributed by atoms with E-state index in [-0.39, 0.29) is 12.7 Å². The van der Waals surface area contributed by atoms with Gasteiger partial charge in [0.05, 0.1) is 19.8 Å². The first-order valence-corrected chi connectivity index (χ1v) is 12.0. The highest BCUT2D eigenvalue weighted by molar-refractivity contribution is 5.84. The molecule has 2 aliphatic rings. The number of hydrogen-bond acceptors (Lipinski definition) is 5. The number of carboxylic acids is 1. The maximum absolute atomic E-state index is 15.8. The topological polar surface area (TPSA) is 77.0 Å². The second-order valence-corrected chi connectivity index (χ2v) is 9.47. The molecule has 2 aromatic carbocycles. The van der Waals surface area contributed by atoms with E-state index in [1.165, 1.54) is 6.07 Å². The first-order chi connectivity index (χ1) is 16.3. The van der Waals surface area contributed by atoms with Crippen molar-refractivity contribution in [3.8, 4) is 16.9 Å². The van der Waals surface area contributed by atoms with Gasteiger partial charge in [-0.25, -0.2) is 9.18 Å². The Balaban J connectivity index is 1.76. The average Bonchev–Trinajstić information content (AvgIpc) is 3.33. The van der Waals surface area contributed by atoms with Crippen LogP contribution < -0.4 is 10.1 Å². The van der Waals surface area contributed by atoms with Crippen LogP contribution in [0.5, 0.6) is 5.75 Å². The number of hydrogen-bond donors (Lipinski definition) is 2. The van der Waals surface area contributed by atoms with Crippen molar-refractivity contribution in [3.63, 3.8) is 0 Å². The Morgan fingerprint density at radius 3 is 2.53 bits per heavy atom. The van der Waals surface area contributed by atoms with Crippen LogP contribution in [0.3, 0.4) is 0 Å². The van der Waals surface area contributed by atoms with E-state index in [9.17, 15) is 9.90 Å². The minimum Gasteiger partial charge on any atom is -0.496 e. The molecule has 2 aromatic rings. The third-order valence-corrected chi connectivity index (χ3v) is 7.08. The molecule has 34 heavy (non-hydrogen) atoms. The quantitative estimate of drug-likeness (QED) is 0.520. The number of aliphatic carboxylic acids is 1. The Bertz CT molecular complexity index is 1040. The highest BCUT2D eigenvalue weighted by Crippen LogP contribution is 2.38. The van der Waals surface area contributed by atoms with Gasteiger partial charge in [-0.3, -0.25) is 0 Å². The number of ether oxygens (including phenoxy) is 3. The molecule has 1 saturated carbocycles. The average molecular weight is 472 g/mol. The van der Waals surface area contributed by atoms with E-state index in [0.29, 0.717) is 48.6 Å². The second kappa shape index (κ2) is 10.3. The van der Waals surface area contributed by atoms with Crippen LogP contribution in [0.4, 0.5) is 10.1 Å². The fourth-order valence-corrected chi connectivity index (χ4v) is 5.10. The molecular formula is C27H34FNO5. The molecule has 0 atom stereocenters. The molecule has 0 amide bonds. The van der Waals surface area contributed by atoms with Gasteiger partial charge in [0.2, 0.25) is 0 Å². The lowest BCUT2D eigenvalue weighted by atomic mass is 9.89. The van der Waals surface area contributed by atoms with Gasteiger partial charge in [-0.2, -0.15) is 0 Å². The SMILES string of the molecule is COc1cc(C)cc(-c2c(F)cc(NC3(C(=O)O)CCOCC3)cc2COC2CCCC2)c1C. The molecule has 2 fully saturated rings. The van der Waals surface area contributed by atoms with Crippen LogP contribution in [0.1, 0.15) is 55.2 Å². The Hall–Kier alpha value is -2.64. The Kier molecular flexibility index (Phi) is 7.43. The summed E-state index contributed by atoms with van der Waals surface area (Å²) in [6.45, 7) is 4.82. The van der Waals surface area contributed by atoms with E-state index < -0.39 is 17.3 Å². The van der Waals surface area contributed by atoms with Crippen LogP contribution in [-0.2, 0) is 20.9 Å². The van der Waals surface area contributed by atoms with Crippen molar-refractivity contribution in [2.24, 2.45) is 0 Å². The maximum Gasteiger partial charge on any atom is 0.329 e. The molecule has 4 rings (SSSR count). The Morgan fingerprint density at radius 1 is 1.18 bits per heavy atom. The number of anilines is 1. The van der Waals surface area contributed by atoms with E-state index in [4.69, 9.17) is 14.2 Å². The van der Waals surface area contributed by atoms with Crippen LogP contribution in [0.15, 0.2) is 24.3 Å². The largest absolute Gasteiger partial charge is 0.496 e. The van der Waals surface area contributed by atoms with Crippen molar-refractivity contribution in [2.45, 2.75) is 70.6 Å². The summed E-state index contributed by atoms with van der Waals surface area (Å²) in [7, 11) is 1.61. The molecule has 1 saturated heterocycles. The Labute approximate surface area is 200 Å². The number of benzene rings is 2. The van der Waals surface area contributed by atoms with Crippen molar-refractivity contribution >= 4 is 11.7 Å². The van der Waals surface area contributed by atoms with E-state index >= 15 is 4.39 Å². The van der Waals surface area contributed by atoms with Gasteiger partial charge in [0, 0.05) is 37.3 Å². The molecule has 1 aliphatic heterocycles. The van der Waals surface area contributed by atoms with Gasteiger partial charge < -0.3 is 24.6 Å². The zero-order valence-corrected chi connectivity index (χ0v) is 20.2. The smallest absolute Gasteiger partial charge is 0.329 e. The van der Waals surface area contributed by atoms with E-state index in [1.54, 1.807) is 7.11 Å². The highest BCUT2D eigenvalue weighted by Gasteiger charge is 2.40. The molecule has 7 heteroatoms. The number of carboxylic acid groups (broad SMARTS) is 1. The lowest BCUT2D eigenvalue weighted by Crippen LogP contribution is -2.50. The molecule has 6 nitrogen and oxygen atoms in total. The molecule has 0 bridgehead atoms. The van der Waals surface area contributed by atoms with Crippen molar-refractivity contribution in [3.05, 3.63) is 46.8 Å². The number of carbonyl (C=O) groups is 1. The monoisotopic (exact) mass is 471 g/mol. The fourth-order valence-electron chi connectivity index (χ4n) is 5.10. The second-order valence-electron chi connectivity index (χ2n) is 9.47. The molecule has 0 unspecified atom stereocenters. The maximum atomic E-state index is 15.8. The van der Waals surface area contributed by atoms with Crippen LogP contribution in [0, 0.1) is 19.7 Å². The number of aryl methyl sites for hydroxylation is 1. The van der Waals surface area contributed by atoms with Crippen LogP contribution >= 0.6 is 0 Å². The first kappa shape index (κ1) is 24.5. The predicted octanol–water partition coefficient (Wildman–Crippen LogP) is 5.62. The molecule has 184 valence electrons. The summed E-state index contributed by atoms with van der Waals surface area (Å²) in [5, 5.41) is 13.1. The first-order valence-electron chi connectivity index (χ1n) is 12.0. The molecule has 1 heterocycles. The van der Waals surface area contributed by atoms with E-state index in [2.05, 4.69) is 5.32 Å². The summed E-state index contributed by atoms with van der Waals surface area (Å²) in [6, 6.07) is 7.12. The lowest BCUT2D eigenvalue weighted by molar-refractivity contribution is -0.145. The van der Waals surface area contributed by atoms with Gasteiger partial charge in [-0.1, -0.05) is 18.9 Å². The number of halogens is 1. The van der Waals surface area contributed by atoms with Gasteiger partial charge in [-0.05, 0) is 67.1 Å². The zero-order valence-electron chi connectivity index (χ0n) is 20.2. The third kappa shape index (κ3) is 5.05. The number of methoxy groups -OCH3 is 1. The van der Waals surface area contributed by atoms with Gasteiger partial charge in [0.1, 0.15) is 17.1 Å². The van der Waals surface area contributed by atoms with Crippen molar-refractivity contribution < 1.29 is 28.5 Å². The van der Waals surface area contributed by atoms with Gasteiger partial charge >= 0.3 is 5.97 Å². The minimum absolute atomic E-state index is 0.168. The van der Waals surface area contributed by atoms with Crippen molar-refractivity contribution in [1.29, 1.82) is 0 Å². The molecule has 2 N–H and O–H groups in total. The van der Waals surface area contributed by atoms with Crippen molar-refractivity contribution in [2.75, 3.05) is 25.6 Å². The third-order valence-electron chi connectivity index (χ3n) is 7.08. The molecule has 1 aliphatic carbocycles. The molecule has 0 aromatic heterocycles. The number of nitrogens with one attached hydrogen (secondary N) is 1. The standard InChI is InChI=1S/C27H34FNO5/c1-17-12-22(18(2)24(13-17)32-3)25-19(16-34-21-6-4-5-7-21)14-20(15-23(25)28)29-27(26(30)31)8-10-33-11-9-27/h12-15,21,29H,4-11,16H2,1-3H3,(H,30,31). The van der Waals surface area contributed by atoms with Gasteiger partial charge in [0.15, 0.2) is 0 Å². The summed E-state index contributed by atoms with van der Waals surface area (Å²) in [5.74, 6) is -0.673. The predicted molar refractivity (Wildman–Crippen MR) is 129 cm³/mol. The normalized spacial score (nSPS) is 18.1. The molecule has 0 spiro atoms. The number of rotatable bonds is 8. The molecular weight excluding hydrogens is 437 g/mol. The highest BCUT2D eigenvalue weighted by atomic mass is 19.1. The molecule has 0 radical (unpaired) electrons. The Morgan fingerprint density at radius 2 is 1.88 bits per heavy atom. The summed E-state index contributed by atoms with van der Waals surface area (Å²) in [6.07, 6.45) is 5.10. The van der Waals surface area contributed by atoms with E-state index in [0.717, 1.165) is 42.4 Å². The zero-order chi connectivity index (χ0) is 24.3. The van der Waals surface area contributed by atoms with Gasteiger partial charge in [-0.15, -0.1) is 0 Å². The minimum atomic E-state index is -1.18. The van der Waals surface area contributed by atoms with Crippen LogP contribution in [0.2, 0.25) is 0 Å². The summed E-state index contributed by atoms with van der Waals surface area (Å²) in [4.78, 5) is 12.1. The van der Waals surface area contributed by atoms with E-state index in [1.807, 2.05) is 32.0 Å². The fraction of sp³-hybridized carbons (Fsp3) is 0.519. The van der Waals surface area contributed by atoms with Gasteiger partial charge in [0.25, 0.3) is 0 Å². The summed E-state index contributed by atoms with van der Waals surface area (Å²) >= 11 is 0. The summed E-state index contributed by atoms with van der Waals surface area (Å²) in [5.41, 5.74) is 2.99. The van der Waals surface area contributed by atoms with Crippen LogP contribution in [0.25, 0.3) is 11.1 Å².